The van der Waals surface area contributed by atoms with E-state index >= 15 is 0 Å². The monoisotopic (exact) mass is 288 g/mol. The number of ether oxygens (including phenoxy) is 1. The van der Waals surface area contributed by atoms with E-state index in [2.05, 4.69) is 15.1 Å². The minimum atomic E-state index is -4.55. The Balaban J connectivity index is 2.68. The van der Waals surface area contributed by atoms with Gasteiger partial charge < -0.3 is 4.74 Å². The van der Waals surface area contributed by atoms with Gasteiger partial charge in [0.15, 0.2) is 17.2 Å². The highest BCUT2D eigenvalue weighted by atomic mass is 19.4. The van der Waals surface area contributed by atoms with E-state index in [-0.39, 0.29) is 23.7 Å². The van der Waals surface area contributed by atoms with Gasteiger partial charge in [0.25, 0.3) is 0 Å². The first-order valence-corrected chi connectivity index (χ1v) is 6.11. The molecule has 0 aliphatic carbocycles. The topological polar surface area (TPSA) is 52.3 Å². The Kier molecular flexibility index (Phi) is 3.35. The van der Waals surface area contributed by atoms with Crippen LogP contribution in [-0.2, 0) is 11.6 Å². The summed E-state index contributed by atoms with van der Waals surface area (Å²) in [6, 6.07) is 0.658. The van der Waals surface area contributed by atoms with Gasteiger partial charge in [-0.15, -0.1) is 5.10 Å². The van der Waals surface area contributed by atoms with Crippen LogP contribution in [0.25, 0.3) is 5.65 Å². The summed E-state index contributed by atoms with van der Waals surface area (Å²) in [5, 5.41) is 4.18. The smallest absolute Gasteiger partial charge is 0.433 e. The lowest BCUT2D eigenvalue weighted by molar-refractivity contribution is -0.141. The quantitative estimate of drug-likeness (QED) is 0.852. The number of fused-ring (bicyclic) bond motifs is 1. The maximum atomic E-state index is 12.8. The Hall–Kier alpha value is -1.86. The molecule has 20 heavy (non-hydrogen) atoms. The predicted octanol–water partition coefficient (Wildman–Crippen LogP) is 2.84. The maximum Gasteiger partial charge on any atom is 0.433 e. The van der Waals surface area contributed by atoms with E-state index in [0.717, 1.165) is 6.07 Å². The first kappa shape index (κ1) is 14.5. The molecule has 5 nitrogen and oxygen atoms in total. The molecule has 0 aromatic carbocycles. The molecule has 0 radical (unpaired) electrons. The highest BCUT2D eigenvalue weighted by molar-refractivity contribution is 5.42. The Bertz CT molecular complexity index is 628. The number of halogens is 3. The first-order valence-electron chi connectivity index (χ1n) is 6.11. The summed E-state index contributed by atoms with van der Waals surface area (Å²) in [6.45, 7) is 7.48. The van der Waals surface area contributed by atoms with Gasteiger partial charge in [0.1, 0.15) is 0 Å². The number of hydrogen-bond acceptors (Lipinski definition) is 4. The van der Waals surface area contributed by atoms with Crippen LogP contribution in [0.3, 0.4) is 0 Å². The summed E-state index contributed by atoms with van der Waals surface area (Å²) >= 11 is 0. The van der Waals surface area contributed by atoms with Crippen LogP contribution in [0, 0.1) is 0 Å². The third-order valence-corrected chi connectivity index (χ3v) is 2.53. The average molecular weight is 288 g/mol. The van der Waals surface area contributed by atoms with E-state index in [1.165, 1.54) is 4.52 Å². The van der Waals surface area contributed by atoms with Crippen LogP contribution >= 0.6 is 0 Å². The van der Waals surface area contributed by atoms with Crippen LogP contribution < -0.4 is 4.74 Å². The zero-order valence-electron chi connectivity index (χ0n) is 11.6. The summed E-state index contributed by atoms with van der Waals surface area (Å²) in [5.74, 6) is 0.430. The van der Waals surface area contributed by atoms with E-state index in [4.69, 9.17) is 4.74 Å². The van der Waals surface area contributed by atoms with Crippen LogP contribution in [0.1, 0.15) is 39.2 Å². The summed E-state index contributed by atoms with van der Waals surface area (Å²) in [7, 11) is 0. The normalized spacial score (nSPS) is 12.9. The SMILES string of the molecule is CCOc1nc(C(F)(F)F)cc2nc(C(C)(C)C)nn12. The molecule has 0 aliphatic rings. The molecule has 0 saturated carbocycles. The minimum absolute atomic E-state index is 0.0701. The molecule has 0 aliphatic heterocycles. The lowest BCUT2D eigenvalue weighted by Crippen LogP contribution is -2.14. The van der Waals surface area contributed by atoms with E-state index in [9.17, 15) is 13.2 Å². The molecule has 110 valence electrons. The standard InChI is InChI=1S/C12H15F3N4O/c1-5-20-10-16-7(12(13,14)15)6-8-17-9(11(2,3)4)18-19(8)10/h6H,5H2,1-4H3. The summed E-state index contributed by atoms with van der Waals surface area (Å²) in [4.78, 5) is 7.60. The van der Waals surface area contributed by atoms with E-state index < -0.39 is 11.9 Å². The van der Waals surface area contributed by atoms with Crippen molar-refractivity contribution in [2.45, 2.75) is 39.3 Å². The molecule has 0 unspecified atom stereocenters. The van der Waals surface area contributed by atoms with Gasteiger partial charge in [-0.2, -0.15) is 22.7 Å². The average Bonchev–Trinajstić information content (AvgIpc) is 2.71. The van der Waals surface area contributed by atoms with Crippen LogP contribution in [0.4, 0.5) is 13.2 Å². The zero-order valence-corrected chi connectivity index (χ0v) is 11.6. The minimum Gasteiger partial charge on any atom is -0.464 e. The van der Waals surface area contributed by atoms with Crippen molar-refractivity contribution in [2.24, 2.45) is 0 Å². The number of hydrogen-bond donors (Lipinski definition) is 0. The van der Waals surface area contributed by atoms with Crippen LogP contribution in [-0.4, -0.2) is 26.2 Å². The second-order valence-corrected chi connectivity index (χ2v) is 5.31. The van der Waals surface area contributed by atoms with Gasteiger partial charge in [-0.1, -0.05) is 20.8 Å². The first-order chi connectivity index (χ1) is 9.13. The lowest BCUT2D eigenvalue weighted by atomic mass is 9.96. The van der Waals surface area contributed by atoms with E-state index in [1.54, 1.807) is 6.92 Å². The molecule has 0 bridgehead atoms. The summed E-state index contributed by atoms with van der Waals surface area (Å²) in [5.41, 5.74) is -1.35. The van der Waals surface area contributed by atoms with Crippen molar-refractivity contribution < 1.29 is 17.9 Å². The van der Waals surface area contributed by atoms with Gasteiger partial charge in [0.05, 0.1) is 6.61 Å². The fourth-order valence-electron chi connectivity index (χ4n) is 1.55. The molecule has 0 amide bonds. The third kappa shape index (κ3) is 2.68. The predicted molar refractivity (Wildman–Crippen MR) is 65.7 cm³/mol. The molecule has 0 spiro atoms. The Morgan fingerprint density at radius 2 is 1.85 bits per heavy atom. The van der Waals surface area contributed by atoms with E-state index in [1.807, 2.05) is 20.8 Å². The maximum absolute atomic E-state index is 12.8. The van der Waals surface area contributed by atoms with Crippen LogP contribution in [0.2, 0.25) is 0 Å². The lowest BCUT2D eigenvalue weighted by Gasteiger charge is -2.11. The Morgan fingerprint density at radius 3 is 2.35 bits per heavy atom. The molecule has 0 N–H and O–H groups in total. The number of rotatable bonds is 2. The molecule has 2 aromatic heterocycles. The molecule has 0 saturated heterocycles. The van der Waals surface area contributed by atoms with Gasteiger partial charge in [-0.25, -0.2) is 4.98 Å². The van der Waals surface area contributed by atoms with Gasteiger partial charge >= 0.3 is 12.2 Å². The van der Waals surface area contributed by atoms with Gasteiger partial charge in [-0.3, -0.25) is 0 Å². The van der Waals surface area contributed by atoms with Crippen molar-refractivity contribution in [1.82, 2.24) is 19.6 Å². The van der Waals surface area contributed by atoms with Crippen molar-refractivity contribution in [2.75, 3.05) is 6.61 Å². The number of aromatic nitrogens is 4. The molecule has 2 aromatic rings. The molecule has 2 heterocycles. The summed E-state index contributed by atoms with van der Waals surface area (Å²) < 4.78 is 44.7. The highest BCUT2D eigenvalue weighted by Gasteiger charge is 2.35. The Labute approximate surface area is 113 Å². The second-order valence-electron chi connectivity index (χ2n) is 5.31. The van der Waals surface area contributed by atoms with Gasteiger partial charge in [0.2, 0.25) is 0 Å². The van der Waals surface area contributed by atoms with Crippen LogP contribution in [0.15, 0.2) is 6.07 Å². The fraction of sp³-hybridized carbons (Fsp3) is 0.583. The van der Waals surface area contributed by atoms with E-state index in [0.29, 0.717) is 5.82 Å². The molecule has 8 heteroatoms. The molecular formula is C12H15F3N4O. The zero-order chi connectivity index (χ0) is 15.1. The number of nitrogens with zero attached hydrogens (tertiary/aromatic N) is 4. The highest BCUT2D eigenvalue weighted by Crippen LogP contribution is 2.30. The third-order valence-electron chi connectivity index (χ3n) is 2.53. The van der Waals surface area contributed by atoms with Gasteiger partial charge in [-0.05, 0) is 6.92 Å². The molecule has 0 fully saturated rings. The molecular weight excluding hydrogens is 273 g/mol. The fourth-order valence-corrected chi connectivity index (χ4v) is 1.55. The number of alkyl halides is 3. The molecule has 2 rings (SSSR count). The second kappa shape index (κ2) is 4.60. The largest absolute Gasteiger partial charge is 0.464 e. The van der Waals surface area contributed by atoms with Crippen molar-refractivity contribution >= 4 is 5.65 Å². The van der Waals surface area contributed by atoms with Crippen molar-refractivity contribution in [3.8, 4) is 6.01 Å². The van der Waals surface area contributed by atoms with Crippen molar-refractivity contribution in [3.05, 3.63) is 17.6 Å². The Morgan fingerprint density at radius 1 is 1.20 bits per heavy atom. The van der Waals surface area contributed by atoms with Crippen molar-refractivity contribution in [1.29, 1.82) is 0 Å². The van der Waals surface area contributed by atoms with Crippen molar-refractivity contribution in [3.63, 3.8) is 0 Å². The van der Waals surface area contributed by atoms with Crippen LogP contribution in [0.5, 0.6) is 6.01 Å². The molecule has 0 atom stereocenters. The van der Waals surface area contributed by atoms with Gasteiger partial charge in [0, 0.05) is 11.5 Å². The summed E-state index contributed by atoms with van der Waals surface area (Å²) in [6.07, 6.45) is -4.55.